The van der Waals surface area contributed by atoms with Crippen molar-refractivity contribution in [3.63, 3.8) is 0 Å². The van der Waals surface area contributed by atoms with Crippen LogP contribution in [0.15, 0.2) is 181 Å². The highest BCUT2D eigenvalue weighted by molar-refractivity contribution is 6.22. The van der Waals surface area contributed by atoms with Crippen molar-refractivity contribution in [1.29, 1.82) is 0 Å². The Bertz CT molecular complexity index is 4250. The van der Waals surface area contributed by atoms with Gasteiger partial charge < -0.3 is 0 Å². The Balaban J connectivity index is 1.66. The number of rotatable bonds is 4. The van der Waals surface area contributed by atoms with Gasteiger partial charge in [-0.1, -0.05) is 157 Å². The molecule has 0 bridgehead atoms. The average molecular weight is 613 g/mol. The van der Waals surface area contributed by atoms with Crippen LogP contribution in [0, 0.1) is 0 Å². The first kappa shape index (κ1) is 10.0. The van der Waals surface area contributed by atoms with E-state index in [2.05, 4.69) is 0 Å². The van der Waals surface area contributed by atoms with Crippen LogP contribution in [0.1, 0.15) is 41.1 Å². The van der Waals surface area contributed by atoms with E-state index in [1.54, 1.807) is 0 Å². The molecule has 9 aromatic carbocycles. The van der Waals surface area contributed by atoms with Gasteiger partial charge in [-0.25, -0.2) is 0 Å². The predicted molar refractivity (Wildman–Crippen MR) is 198 cm³/mol. The van der Waals surface area contributed by atoms with Crippen molar-refractivity contribution in [2.75, 3.05) is 0 Å². The van der Waals surface area contributed by atoms with Gasteiger partial charge in [0.2, 0.25) is 0 Å². The molecule has 9 aromatic rings. The van der Waals surface area contributed by atoms with E-state index in [1.165, 1.54) is 0 Å². The van der Waals surface area contributed by atoms with Gasteiger partial charge in [-0.15, -0.1) is 0 Å². The van der Waals surface area contributed by atoms with E-state index >= 15 is 0 Å². The highest BCUT2D eigenvalue weighted by atomic mass is 14.2. The van der Waals surface area contributed by atoms with Gasteiger partial charge >= 0.3 is 0 Å². The molecular formula is C46H30. The Morgan fingerprint density at radius 2 is 0.674 bits per heavy atom. The lowest BCUT2D eigenvalue weighted by Gasteiger charge is -2.19. The normalized spacial score (nSPS) is 20.6. The van der Waals surface area contributed by atoms with Crippen LogP contribution in [-0.2, 0) is 0 Å². The van der Waals surface area contributed by atoms with Gasteiger partial charge in [-0.3, -0.25) is 0 Å². The van der Waals surface area contributed by atoms with E-state index in [1.807, 2.05) is 0 Å². The zero-order valence-corrected chi connectivity index (χ0v) is 23.0. The summed E-state index contributed by atoms with van der Waals surface area (Å²) in [5.74, 6) is 0. The fraction of sp³-hybridized carbons (Fsp3) is 0. The molecule has 0 saturated heterocycles. The fourth-order valence-corrected chi connectivity index (χ4v) is 5.12. The number of benzene rings is 9. The first-order chi connectivity index (χ1) is 35.3. The minimum Gasteiger partial charge on any atom is -0.0622 e. The maximum absolute atomic E-state index is 10.0. The molecule has 9 rings (SSSR count). The number of hydrogen-bond donors (Lipinski definition) is 0. The quantitative estimate of drug-likeness (QED) is 0.173. The van der Waals surface area contributed by atoms with Crippen molar-refractivity contribution < 1.29 is 41.1 Å². The molecule has 0 N–H and O–H groups in total. The van der Waals surface area contributed by atoms with Crippen LogP contribution in [0.2, 0.25) is 0 Å². The summed E-state index contributed by atoms with van der Waals surface area (Å²) in [6, 6.07) is -30.1. The second kappa shape index (κ2) is 10.9. The summed E-state index contributed by atoms with van der Waals surface area (Å²) in [4.78, 5) is 0. The van der Waals surface area contributed by atoms with Crippen LogP contribution in [0.4, 0.5) is 0 Å². The van der Waals surface area contributed by atoms with Gasteiger partial charge in [0.05, 0.1) is 41.1 Å². The van der Waals surface area contributed by atoms with Gasteiger partial charge in [0.1, 0.15) is 0 Å². The third-order valence-electron chi connectivity index (χ3n) is 7.12. The van der Waals surface area contributed by atoms with E-state index in [4.69, 9.17) is 27.4 Å². The Morgan fingerprint density at radius 1 is 0.239 bits per heavy atom. The Kier molecular flexibility index (Phi) is 2.37. The molecule has 0 atom stereocenters. The summed E-state index contributed by atoms with van der Waals surface area (Å²) in [5, 5.41) is -6.11. The summed E-state index contributed by atoms with van der Waals surface area (Å²) in [7, 11) is 0. The molecule has 0 aliphatic heterocycles. The standard InChI is InChI=1S/C46H30/c1-2-11-31(12-3-1)38-25-26-43-44(30-38)46(40-24-22-33-14-5-7-16-35(33)28-40)42-20-9-8-19-41(42)45(43)39-18-10-17-36(29-39)37-23-21-32-13-4-6-15-34(32)27-37/h1-30H/i1D,2D,3D,4D,5D,6D,7D,8D,9D,10D,11D,12D,13D,14D,15D,16D,17D,18D,19D,20D,21D,22D,23D,24D,25D,26D,27D,28D,29D,30D. The van der Waals surface area contributed by atoms with E-state index in [9.17, 15) is 13.7 Å². The molecule has 0 nitrogen and oxygen atoms in total. The molecule has 214 valence electrons. The van der Waals surface area contributed by atoms with Crippen LogP contribution in [0.3, 0.4) is 0 Å². The van der Waals surface area contributed by atoms with E-state index in [0.717, 1.165) is 0 Å². The molecule has 46 heavy (non-hydrogen) atoms. The van der Waals surface area contributed by atoms with Gasteiger partial charge in [-0.05, 0) is 112 Å². The lowest BCUT2D eigenvalue weighted by Crippen LogP contribution is -1.92. The molecule has 0 radical (unpaired) electrons. The Hall–Kier alpha value is -5.98. The lowest BCUT2D eigenvalue weighted by molar-refractivity contribution is 1.62. The van der Waals surface area contributed by atoms with Crippen LogP contribution in [-0.4, -0.2) is 0 Å². The Labute approximate surface area is 311 Å². The molecule has 0 heterocycles. The predicted octanol–water partition coefficient (Wildman–Crippen LogP) is 13.0. The third-order valence-corrected chi connectivity index (χ3v) is 7.12. The second-order valence-electron chi connectivity index (χ2n) is 9.75. The van der Waals surface area contributed by atoms with Gasteiger partial charge in [0.25, 0.3) is 0 Å². The van der Waals surface area contributed by atoms with Gasteiger partial charge in [-0.2, -0.15) is 0 Å². The average Bonchev–Trinajstić information content (AvgIpc) is 3.38. The lowest BCUT2D eigenvalue weighted by atomic mass is 9.84. The van der Waals surface area contributed by atoms with Gasteiger partial charge in [0, 0.05) is 0 Å². The molecule has 0 saturated carbocycles. The first-order valence-electron chi connectivity index (χ1n) is 28.5. The molecule has 0 amide bonds. The number of fused-ring (bicyclic) bond motifs is 4. The van der Waals surface area contributed by atoms with Crippen LogP contribution in [0.5, 0.6) is 0 Å². The van der Waals surface area contributed by atoms with E-state index in [-0.39, 0.29) is 0 Å². The molecule has 0 spiro atoms. The zero-order valence-electron chi connectivity index (χ0n) is 53.0. The van der Waals surface area contributed by atoms with Gasteiger partial charge in [0.15, 0.2) is 0 Å². The van der Waals surface area contributed by atoms with Crippen molar-refractivity contribution in [1.82, 2.24) is 0 Å². The minimum atomic E-state index is -1.16. The summed E-state index contributed by atoms with van der Waals surface area (Å²) >= 11 is 0. The van der Waals surface area contributed by atoms with Crippen LogP contribution >= 0.6 is 0 Å². The molecule has 0 aliphatic carbocycles. The largest absolute Gasteiger partial charge is 0.0636 e. The SMILES string of the molecule is [2H]c1c([2H])c([2H])c(-c2c([2H])c([2H])c3c(-c4c([2H])c([2H])c([2H])c(-c5c([2H])c([2H])c6c([2H])c([2H])c([2H])c([2H])c6c5[2H])c4[2H])c4c([2H])c([2H])c([2H])c([2H])c4c(-c4c([2H])c([2H])c5c([2H])c([2H])c([2H])c([2H])c5c4[2H])c3c2[2H])c([2H])c1[2H]. The number of hydrogen-bond acceptors (Lipinski definition) is 0. The molecule has 0 aliphatic rings. The van der Waals surface area contributed by atoms with Crippen molar-refractivity contribution in [2.24, 2.45) is 0 Å². The summed E-state index contributed by atoms with van der Waals surface area (Å²) in [6.07, 6.45) is 0. The fourth-order valence-electron chi connectivity index (χ4n) is 5.12. The van der Waals surface area contributed by atoms with Crippen molar-refractivity contribution >= 4 is 43.1 Å². The summed E-state index contributed by atoms with van der Waals surface area (Å²) < 4.78 is 270. The third kappa shape index (κ3) is 4.47. The maximum Gasteiger partial charge on any atom is 0.0636 e. The molecular weight excluding hydrogens is 553 g/mol. The topological polar surface area (TPSA) is 0 Å². The summed E-state index contributed by atoms with van der Waals surface area (Å²) in [5.41, 5.74) is -7.18. The second-order valence-corrected chi connectivity index (χ2v) is 9.75. The van der Waals surface area contributed by atoms with E-state index in [0.29, 0.717) is 0 Å². The Morgan fingerprint density at radius 3 is 1.39 bits per heavy atom. The van der Waals surface area contributed by atoms with Crippen LogP contribution in [0.25, 0.3) is 87.6 Å². The van der Waals surface area contributed by atoms with E-state index < -0.39 is 269 Å². The van der Waals surface area contributed by atoms with Crippen molar-refractivity contribution in [2.45, 2.75) is 0 Å². The van der Waals surface area contributed by atoms with Crippen molar-refractivity contribution in [3.05, 3.63) is 181 Å². The monoisotopic (exact) mass is 612 g/mol. The summed E-state index contributed by atoms with van der Waals surface area (Å²) in [6.45, 7) is 0. The highest BCUT2D eigenvalue weighted by Gasteiger charge is 2.18. The first-order valence-corrected chi connectivity index (χ1v) is 13.5. The molecule has 0 fully saturated rings. The molecule has 0 heteroatoms. The zero-order chi connectivity index (χ0) is 56.6. The van der Waals surface area contributed by atoms with Crippen molar-refractivity contribution in [3.8, 4) is 44.5 Å². The minimum absolute atomic E-state index is 0.600. The highest BCUT2D eigenvalue weighted by Crippen LogP contribution is 2.45. The van der Waals surface area contributed by atoms with Crippen LogP contribution < -0.4 is 0 Å². The maximum atomic E-state index is 10.0. The smallest absolute Gasteiger partial charge is 0.0622 e. The molecule has 0 unspecified atom stereocenters. The molecule has 0 aromatic heterocycles.